The van der Waals surface area contributed by atoms with Crippen LogP contribution < -0.4 is 9.80 Å². The second-order valence-corrected chi connectivity index (χ2v) is 9.11. The largest absolute Gasteiger partial charge is 0.379 e. The molecule has 1 aliphatic carbocycles. The van der Waals surface area contributed by atoms with Crippen LogP contribution in [-0.4, -0.2) is 71.9 Å². The van der Waals surface area contributed by atoms with Crippen LogP contribution in [0.15, 0.2) is 30.6 Å². The Hall–Kier alpha value is -2.71. The van der Waals surface area contributed by atoms with Crippen LogP contribution in [0.25, 0.3) is 11.1 Å². The first-order chi connectivity index (χ1) is 15.5. The third kappa shape index (κ3) is 4.17. The first-order valence-corrected chi connectivity index (χ1v) is 11.6. The van der Waals surface area contributed by atoms with Gasteiger partial charge in [0.05, 0.1) is 43.4 Å². The quantitative estimate of drug-likeness (QED) is 0.718. The van der Waals surface area contributed by atoms with Crippen molar-refractivity contribution in [2.45, 2.75) is 39.3 Å². The van der Waals surface area contributed by atoms with Gasteiger partial charge >= 0.3 is 0 Å². The van der Waals surface area contributed by atoms with E-state index in [0.717, 1.165) is 74.7 Å². The minimum absolute atomic E-state index is 0.000883. The molecule has 0 bridgehead atoms. The van der Waals surface area contributed by atoms with E-state index in [1.165, 1.54) is 0 Å². The van der Waals surface area contributed by atoms with Gasteiger partial charge < -0.3 is 14.5 Å². The number of fused-ring (bicyclic) bond motifs is 1. The van der Waals surface area contributed by atoms with Gasteiger partial charge in [0.1, 0.15) is 0 Å². The van der Waals surface area contributed by atoms with Crippen molar-refractivity contribution < 1.29 is 14.3 Å². The van der Waals surface area contributed by atoms with Gasteiger partial charge in [-0.25, -0.2) is 0 Å². The van der Waals surface area contributed by atoms with Gasteiger partial charge in [-0.05, 0) is 37.5 Å². The normalized spacial score (nSPS) is 21.5. The summed E-state index contributed by atoms with van der Waals surface area (Å²) in [4.78, 5) is 31.5. The van der Waals surface area contributed by atoms with E-state index in [1.807, 2.05) is 45.8 Å². The Morgan fingerprint density at radius 1 is 1.09 bits per heavy atom. The van der Waals surface area contributed by atoms with E-state index < -0.39 is 0 Å². The SMILES string of the molecule is CC(=O)N1c2ccc(-c3cnn(CCN4CCOCC4)c3)cc2N(C(=O)C2CC2)C[C@@H]1C. The highest BCUT2D eigenvalue weighted by Crippen LogP contribution is 2.42. The van der Waals surface area contributed by atoms with Crippen molar-refractivity contribution in [2.75, 3.05) is 49.2 Å². The topological polar surface area (TPSA) is 70.9 Å². The fourth-order valence-corrected chi connectivity index (χ4v) is 4.75. The fraction of sp³-hybridized carbons (Fsp3) is 0.542. The summed E-state index contributed by atoms with van der Waals surface area (Å²) >= 11 is 0. The highest BCUT2D eigenvalue weighted by Gasteiger charge is 2.39. The van der Waals surface area contributed by atoms with E-state index in [-0.39, 0.29) is 23.8 Å². The first kappa shape index (κ1) is 21.2. The van der Waals surface area contributed by atoms with E-state index in [2.05, 4.69) is 16.2 Å². The number of anilines is 2. The van der Waals surface area contributed by atoms with Gasteiger partial charge in [-0.2, -0.15) is 5.10 Å². The number of amides is 2. The molecule has 3 aliphatic rings. The molecule has 1 saturated carbocycles. The summed E-state index contributed by atoms with van der Waals surface area (Å²) in [6.07, 6.45) is 5.86. The lowest BCUT2D eigenvalue weighted by Gasteiger charge is -2.41. The summed E-state index contributed by atoms with van der Waals surface area (Å²) in [5, 5.41) is 4.55. The predicted molar refractivity (Wildman–Crippen MR) is 123 cm³/mol. The Morgan fingerprint density at radius 2 is 1.88 bits per heavy atom. The molecule has 8 nitrogen and oxygen atoms in total. The summed E-state index contributed by atoms with van der Waals surface area (Å²) in [5.41, 5.74) is 3.66. The molecular weight excluding hydrogens is 406 g/mol. The zero-order chi connectivity index (χ0) is 22.2. The van der Waals surface area contributed by atoms with Gasteiger partial charge in [0.25, 0.3) is 0 Å². The Balaban J connectivity index is 1.40. The van der Waals surface area contributed by atoms with Gasteiger partial charge in [-0.15, -0.1) is 0 Å². The number of ether oxygens (including phenoxy) is 1. The van der Waals surface area contributed by atoms with Crippen LogP contribution in [-0.2, 0) is 20.9 Å². The van der Waals surface area contributed by atoms with Crippen molar-refractivity contribution in [1.82, 2.24) is 14.7 Å². The summed E-state index contributed by atoms with van der Waals surface area (Å²) in [7, 11) is 0. The Labute approximate surface area is 188 Å². The molecule has 32 heavy (non-hydrogen) atoms. The second kappa shape index (κ2) is 8.67. The molecule has 0 N–H and O–H groups in total. The molecular formula is C24H31N5O3. The minimum atomic E-state index is -0.0449. The molecule has 1 aromatic heterocycles. The number of hydrogen-bond acceptors (Lipinski definition) is 5. The number of morpholine rings is 1. The van der Waals surface area contributed by atoms with E-state index in [4.69, 9.17) is 4.74 Å². The average Bonchev–Trinajstić information content (AvgIpc) is 3.54. The van der Waals surface area contributed by atoms with Crippen LogP contribution in [0.3, 0.4) is 0 Å². The molecule has 0 spiro atoms. The number of benzene rings is 1. The standard InChI is InChI=1S/C24H31N5O3/c1-17-15-28(24(31)19-3-4-19)23-13-20(5-6-22(23)29(17)18(2)30)21-14-25-27(16-21)8-7-26-9-11-32-12-10-26/h5-6,13-14,16-17,19H,3-4,7-12,15H2,1-2H3/t17-/m0/s1. The van der Waals surface area contributed by atoms with E-state index in [1.54, 1.807) is 6.92 Å². The van der Waals surface area contributed by atoms with Crippen LogP contribution in [0, 0.1) is 5.92 Å². The minimum Gasteiger partial charge on any atom is -0.379 e. The molecule has 2 amide bonds. The first-order valence-electron chi connectivity index (χ1n) is 11.6. The van der Waals surface area contributed by atoms with Gasteiger partial charge in [-0.1, -0.05) is 6.07 Å². The lowest BCUT2D eigenvalue weighted by Crippen LogP contribution is -2.51. The van der Waals surface area contributed by atoms with Crippen molar-refractivity contribution >= 4 is 23.2 Å². The lowest BCUT2D eigenvalue weighted by molar-refractivity contribution is -0.120. The molecule has 0 radical (unpaired) electrons. The van der Waals surface area contributed by atoms with Crippen LogP contribution >= 0.6 is 0 Å². The number of carbonyl (C=O) groups is 2. The Bertz CT molecular complexity index is 1010. The van der Waals surface area contributed by atoms with Crippen molar-refractivity contribution in [3.05, 3.63) is 30.6 Å². The van der Waals surface area contributed by atoms with Crippen molar-refractivity contribution in [2.24, 2.45) is 5.92 Å². The van der Waals surface area contributed by atoms with E-state index in [9.17, 15) is 9.59 Å². The molecule has 3 heterocycles. The molecule has 2 aliphatic heterocycles. The number of rotatable bonds is 5. The van der Waals surface area contributed by atoms with Crippen molar-refractivity contribution in [3.63, 3.8) is 0 Å². The summed E-state index contributed by atoms with van der Waals surface area (Å²) < 4.78 is 7.39. The lowest BCUT2D eigenvalue weighted by atomic mass is 10.0. The molecule has 1 aromatic carbocycles. The van der Waals surface area contributed by atoms with Gasteiger partial charge in [0.15, 0.2) is 0 Å². The third-order valence-corrected chi connectivity index (χ3v) is 6.66. The molecule has 1 saturated heterocycles. The molecule has 0 unspecified atom stereocenters. The maximum Gasteiger partial charge on any atom is 0.230 e. The molecule has 2 fully saturated rings. The molecule has 5 rings (SSSR count). The highest BCUT2D eigenvalue weighted by molar-refractivity contribution is 6.06. The molecule has 170 valence electrons. The smallest absolute Gasteiger partial charge is 0.230 e. The summed E-state index contributed by atoms with van der Waals surface area (Å²) in [6, 6.07) is 5.99. The highest BCUT2D eigenvalue weighted by atomic mass is 16.5. The number of hydrogen-bond donors (Lipinski definition) is 0. The van der Waals surface area contributed by atoms with E-state index >= 15 is 0 Å². The van der Waals surface area contributed by atoms with Gasteiger partial charge in [-0.3, -0.25) is 19.2 Å². The van der Waals surface area contributed by atoms with Crippen LogP contribution in [0.1, 0.15) is 26.7 Å². The zero-order valence-corrected chi connectivity index (χ0v) is 18.9. The molecule has 1 atom stereocenters. The maximum absolute atomic E-state index is 13.0. The predicted octanol–water partition coefficient (Wildman–Crippen LogP) is 2.38. The average molecular weight is 438 g/mol. The Kier molecular flexibility index (Phi) is 5.73. The number of aromatic nitrogens is 2. The van der Waals surface area contributed by atoms with Crippen LogP contribution in [0.4, 0.5) is 11.4 Å². The maximum atomic E-state index is 13.0. The summed E-state index contributed by atoms with van der Waals surface area (Å²) in [5.74, 6) is 0.311. The Morgan fingerprint density at radius 3 is 2.59 bits per heavy atom. The van der Waals surface area contributed by atoms with Crippen LogP contribution in [0.5, 0.6) is 0 Å². The van der Waals surface area contributed by atoms with Gasteiger partial charge in [0, 0.05) is 50.8 Å². The van der Waals surface area contributed by atoms with Gasteiger partial charge in [0.2, 0.25) is 11.8 Å². The monoisotopic (exact) mass is 437 g/mol. The summed E-state index contributed by atoms with van der Waals surface area (Å²) in [6.45, 7) is 9.43. The van der Waals surface area contributed by atoms with Crippen molar-refractivity contribution in [1.29, 1.82) is 0 Å². The molecule has 8 heteroatoms. The number of nitrogens with zero attached hydrogens (tertiary/aromatic N) is 5. The molecule has 2 aromatic rings. The second-order valence-electron chi connectivity index (χ2n) is 9.11. The van der Waals surface area contributed by atoms with Crippen molar-refractivity contribution in [3.8, 4) is 11.1 Å². The van der Waals surface area contributed by atoms with E-state index in [0.29, 0.717) is 6.54 Å². The zero-order valence-electron chi connectivity index (χ0n) is 18.9. The van der Waals surface area contributed by atoms with Crippen LogP contribution in [0.2, 0.25) is 0 Å². The fourth-order valence-electron chi connectivity index (χ4n) is 4.75. The number of carbonyl (C=O) groups excluding carboxylic acids is 2. The third-order valence-electron chi connectivity index (χ3n) is 6.66.